The molecule has 0 aliphatic heterocycles. The molecular formula is C13H15N3O2S. The van der Waals surface area contributed by atoms with E-state index >= 15 is 0 Å². The summed E-state index contributed by atoms with van der Waals surface area (Å²) in [7, 11) is -1.71. The lowest BCUT2D eigenvalue weighted by molar-refractivity contribution is 0.601. The van der Waals surface area contributed by atoms with Crippen LogP contribution < -0.4 is 4.72 Å². The van der Waals surface area contributed by atoms with Gasteiger partial charge in [-0.1, -0.05) is 18.2 Å². The molecule has 0 unspecified atom stereocenters. The summed E-state index contributed by atoms with van der Waals surface area (Å²) in [4.78, 5) is 0.244. The van der Waals surface area contributed by atoms with Crippen LogP contribution in [-0.4, -0.2) is 18.2 Å². The molecule has 1 aromatic heterocycles. The highest BCUT2D eigenvalue weighted by Gasteiger charge is 2.28. The molecule has 1 aromatic carbocycles. The molecule has 2 aromatic rings. The summed E-state index contributed by atoms with van der Waals surface area (Å²) in [6.45, 7) is 0. The Hall–Kier alpha value is -1.82. The number of hydrogen-bond donors (Lipinski definition) is 1. The first-order chi connectivity index (χ1) is 9.06. The van der Waals surface area contributed by atoms with Gasteiger partial charge in [0.25, 0.3) is 10.0 Å². The number of nitrogens with zero attached hydrogens (tertiary/aromatic N) is 2. The Bertz CT molecular complexity index is 688. The zero-order chi connectivity index (χ0) is 13.5. The predicted octanol–water partition coefficient (Wildman–Crippen LogP) is 2.10. The topological polar surface area (TPSA) is 64.0 Å². The number of benzene rings is 1. The Morgan fingerprint density at radius 1 is 1.26 bits per heavy atom. The average Bonchev–Trinajstić information content (AvgIpc) is 3.15. The molecule has 19 heavy (non-hydrogen) atoms. The van der Waals surface area contributed by atoms with E-state index in [4.69, 9.17) is 0 Å². The van der Waals surface area contributed by atoms with Crippen molar-refractivity contribution in [3.8, 4) is 0 Å². The van der Waals surface area contributed by atoms with Gasteiger partial charge in [0.15, 0.2) is 5.82 Å². The van der Waals surface area contributed by atoms with E-state index in [0.717, 1.165) is 18.5 Å². The number of rotatable bonds is 4. The van der Waals surface area contributed by atoms with E-state index in [2.05, 4.69) is 9.82 Å². The molecule has 0 spiro atoms. The molecule has 0 saturated heterocycles. The standard InChI is InChI=1S/C13H15N3O2S/c1-16-12(10-7-8-10)9-13(14-16)15-19(17,18)11-5-3-2-4-6-11/h2-6,9-10H,7-8H2,1H3,(H,14,15). The van der Waals surface area contributed by atoms with E-state index in [1.54, 1.807) is 35.0 Å². The van der Waals surface area contributed by atoms with Crippen LogP contribution in [0.2, 0.25) is 0 Å². The molecule has 1 N–H and O–H groups in total. The van der Waals surface area contributed by atoms with Crippen LogP contribution in [0.5, 0.6) is 0 Å². The van der Waals surface area contributed by atoms with Gasteiger partial charge < -0.3 is 0 Å². The van der Waals surface area contributed by atoms with Gasteiger partial charge in [-0.25, -0.2) is 8.42 Å². The van der Waals surface area contributed by atoms with Gasteiger partial charge >= 0.3 is 0 Å². The summed E-state index contributed by atoms with van der Waals surface area (Å²) in [6.07, 6.45) is 2.31. The second-order valence-corrected chi connectivity index (χ2v) is 6.45. The van der Waals surface area contributed by atoms with Gasteiger partial charge in [-0.2, -0.15) is 5.10 Å². The van der Waals surface area contributed by atoms with Gasteiger partial charge in [-0.05, 0) is 25.0 Å². The highest BCUT2D eigenvalue weighted by atomic mass is 32.2. The number of aromatic nitrogens is 2. The number of nitrogens with one attached hydrogen (secondary N) is 1. The quantitative estimate of drug-likeness (QED) is 0.930. The molecular weight excluding hydrogens is 262 g/mol. The summed E-state index contributed by atoms with van der Waals surface area (Å²) in [5, 5.41) is 4.21. The van der Waals surface area contributed by atoms with E-state index in [1.807, 2.05) is 13.1 Å². The predicted molar refractivity (Wildman–Crippen MR) is 72.4 cm³/mol. The molecule has 0 bridgehead atoms. The first-order valence-corrected chi connectivity index (χ1v) is 7.66. The number of anilines is 1. The van der Waals surface area contributed by atoms with Crippen LogP contribution in [0.4, 0.5) is 5.82 Å². The van der Waals surface area contributed by atoms with E-state index in [-0.39, 0.29) is 4.90 Å². The minimum Gasteiger partial charge on any atom is -0.270 e. The molecule has 1 fully saturated rings. The first-order valence-electron chi connectivity index (χ1n) is 6.18. The zero-order valence-electron chi connectivity index (χ0n) is 10.6. The van der Waals surface area contributed by atoms with Crippen molar-refractivity contribution in [3.05, 3.63) is 42.1 Å². The monoisotopic (exact) mass is 277 g/mol. The van der Waals surface area contributed by atoms with Gasteiger partial charge in [0, 0.05) is 24.7 Å². The average molecular weight is 277 g/mol. The largest absolute Gasteiger partial charge is 0.270 e. The van der Waals surface area contributed by atoms with Crippen molar-refractivity contribution in [3.63, 3.8) is 0 Å². The lowest BCUT2D eigenvalue weighted by Gasteiger charge is -2.04. The van der Waals surface area contributed by atoms with Crippen LogP contribution in [0.15, 0.2) is 41.3 Å². The number of aryl methyl sites for hydroxylation is 1. The fourth-order valence-electron chi connectivity index (χ4n) is 2.09. The van der Waals surface area contributed by atoms with Gasteiger partial charge in [0.1, 0.15) is 0 Å². The van der Waals surface area contributed by atoms with Crippen molar-refractivity contribution in [1.29, 1.82) is 0 Å². The first kappa shape index (κ1) is 12.2. The number of hydrogen-bond acceptors (Lipinski definition) is 3. The van der Waals surface area contributed by atoms with Crippen LogP contribution in [-0.2, 0) is 17.1 Å². The Balaban J connectivity index is 1.87. The summed E-state index contributed by atoms with van der Waals surface area (Å²) < 4.78 is 28.6. The maximum Gasteiger partial charge on any atom is 0.263 e. The molecule has 0 amide bonds. The van der Waals surface area contributed by atoms with E-state index in [0.29, 0.717) is 11.7 Å². The van der Waals surface area contributed by atoms with Crippen molar-refractivity contribution in [2.24, 2.45) is 7.05 Å². The summed E-state index contributed by atoms with van der Waals surface area (Å²) >= 11 is 0. The number of sulfonamides is 1. The summed E-state index contributed by atoms with van der Waals surface area (Å²) in [5.41, 5.74) is 1.09. The van der Waals surface area contributed by atoms with Gasteiger partial charge in [-0.15, -0.1) is 0 Å². The molecule has 1 aliphatic rings. The van der Waals surface area contributed by atoms with Crippen LogP contribution >= 0.6 is 0 Å². The Labute approximate surface area is 112 Å². The van der Waals surface area contributed by atoms with Gasteiger partial charge in [0.2, 0.25) is 0 Å². The summed E-state index contributed by atoms with van der Waals surface area (Å²) in [5.74, 6) is 0.917. The third-order valence-corrected chi connectivity index (χ3v) is 4.57. The minimum absolute atomic E-state index is 0.244. The molecule has 6 heteroatoms. The normalized spacial score (nSPS) is 15.4. The Kier molecular flexibility index (Phi) is 2.82. The highest BCUT2D eigenvalue weighted by molar-refractivity contribution is 7.92. The fourth-order valence-corrected chi connectivity index (χ4v) is 3.10. The fraction of sp³-hybridized carbons (Fsp3) is 0.308. The minimum atomic E-state index is -3.55. The molecule has 1 aliphatic carbocycles. The molecule has 0 atom stereocenters. The van der Waals surface area contributed by atoms with E-state index < -0.39 is 10.0 Å². The van der Waals surface area contributed by atoms with Gasteiger partial charge in [-0.3, -0.25) is 9.40 Å². The van der Waals surface area contributed by atoms with Crippen LogP contribution in [0.25, 0.3) is 0 Å². The van der Waals surface area contributed by atoms with Crippen molar-refractivity contribution >= 4 is 15.8 Å². The summed E-state index contributed by atoms with van der Waals surface area (Å²) in [6, 6.07) is 10.1. The van der Waals surface area contributed by atoms with Crippen LogP contribution in [0, 0.1) is 0 Å². The Morgan fingerprint density at radius 3 is 2.58 bits per heavy atom. The van der Waals surface area contributed by atoms with Crippen molar-refractivity contribution in [1.82, 2.24) is 9.78 Å². The second-order valence-electron chi connectivity index (χ2n) is 4.77. The van der Waals surface area contributed by atoms with Crippen LogP contribution in [0.3, 0.4) is 0 Å². The Morgan fingerprint density at radius 2 is 1.95 bits per heavy atom. The third kappa shape index (κ3) is 2.49. The molecule has 0 radical (unpaired) electrons. The maximum absolute atomic E-state index is 12.1. The lowest BCUT2D eigenvalue weighted by atomic mass is 10.3. The highest BCUT2D eigenvalue weighted by Crippen LogP contribution is 2.40. The third-order valence-electron chi connectivity index (χ3n) is 3.20. The van der Waals surface area contributed by atoms with E-state index in [9.17, 15) is 8.42 Å². The van der Waals surface area contributed by atoms with Crippen molar-refractivity contribution < 1.29 is 8.42 Å². The SMILES string of the molecule is Cn1nc(NS(=O)(=O)c2ccccc2)cc1C1CC1. The maximum atomic E-state index is 12.1. The molecule has 3 rings (SSSR count). The van der Waals surface area contributed by atoms with Crippen molar-refractivity contribution in [2.75, 3.05) is 4.72 Å². The second kappa shape index (κ2) is 4.38. The smallest absolute Gasteiger partial charge is 0.263 e. The van der Waals surface area contributed by atoms with Crippen molar-refractivity contribution in [2.45, 2.75) is 23.7 Å². The van der Waals surface area contributed by atoms with E-state index in [1.165, 1.54) is 0 Å². The molecule has 1 heterocycles. The molecule has 1 saturated carbocycles. The lowest BCUT2D eigenvalue weighted by Crippen LogP contribution is -2.13. The molecule has 5 nitrogen and oxygen atoms in total. The zero-order valence-corrected chi connectivity index (χ0v) is 11.4. The van der Waals surface area contributed by atoms with Gasteiger partial charge in [0.05, 0.1) is 4.90 Å². The molecule has 100 valence electrons. The van der Waals surface area contributed by atoms with Crippen LogP contribution in [0.1, 0.15) is 24.5 Å².